The molecule has 0 amide bonds. The van der Waals surface area contributed by atoms with Crippen LogP contribution in [-0.2, 0) is 9.53 Å². The summed E-state index contributed by atoms with van der Waals surface area (Å²) >= 11 is 0. The molecular formula is C106H212O2. The van der Waals surface area contributed by atoms with Crippen LogP contribution in [0.4, 0.5) is 0 Å². The molecule has 0 fully saturated rings. The molecule has 0 saturated heterocycles. The zero-order valence-corrected chi connectivity index (χ0v) is 78.8. The number of hydrogen-bond donors (Lipinski definition) is 0. The van der Waals surface area contributed by atoms with Gasteiger partial charge in [0.05, 0.1) is 12.0 Å². The second kappa shape index (κ2) is 72.9. The number of carbonyl (C=O) groups is 1. The summed E-state index contributed by atoms with van der Waals surface area (Å²) in [5.41, 5.74) is -0.312. The highest BCUT2D eigenvalue weighted by atomic mass is 16.5. The van der Waals surface area contributed by atoms with Gasteiger partial charge in [-0.15, -0.1) is 0 Å². The first-order valence-corrected chi connectivity index (χ1v) is 52.1. The average molecular weight is 1520 g/mol. The van der Waals surface area contributed by atoms with E-state index in [1.165, 1.54) is 507 Å². The van der Waals surface area contributed by atoms with Crippen LogP contribution < -0.4 is 0 Å². The van der Waals surface area contributed by atoms with Gasteiger partial charge in [0.2, 0.25) is 0 Å². The summed E-state index contributed by atoms with van der Waals surface area (Å²) < 4.78 is 7.48. The monoisotopic (exact) mass is 1520 g/mol. The van der Waals surface area contributed by atoms with E-state index in [0.717, 1.165) is 12.8 Å². The van der Waals surface area contributed by atoms with Gasteiger partial charge < -0.3 is 4.74 Å². The molecule has 0 aliphatic heterocycles. The summed E-state index contributed by atoms with van der Waals surface area (Å²) in [7, 11) is 0. The van der Waals surface area contributed by atoms with Gasteiger partial charge in [-0.1, -0.05) is 528 Å². The standard InChI is InChI=1S/C106H212O2/c1-17-33-48-63-64-65-66-67-68-73-88-101(99(107)108-32-16,87-72-52-37-21-5)103(91-76-55-40-24-8,92-77-56-41-25-9)105(95-80-59-44-28-12,96-81-60-45-29-13)106(97-82-61-46-30-14,98-83-62-47-31-15)104(93-78-57-42-26-10,94-79-58-43-27-11)102(89-74-53-38-22-6,90-75-54-39-23-7)100(84-69-49-34-18-2,85-70-50-35-19-3)86-71-51-36-20-4/h17-98H2,1-16H3. The fourth-order valence-electron chi connectivity index (χ4n) is 24.1. The first-order valence-electron chi connectivity index (χ1n) is 52.1. The van der Waals surface area contributed by atoms with Gasteiger partial charge >= 0.3 is 5.97 Å². The van der Waals surface area contributed by atoms with Gasteiger partial charge in [-0.3, -0.25) is 4.79 Å². The molecule has 0 aliphatic carbocycles. The van der Waals surface area contributed by atoms with E-state index >= 15 is 4.79 Å². The van der Waals surface area contributed by atoms with Gasteiger partial charge in [0.25, 0.3) is 0 Å². The first kappa shape index (κ1) is 107. The SMILES string of the molecule is CCCCCCCCCCCCC(CCCCCC)(C(=O)OCC)C(CCCCCC)(CCCCCC)C(CCCCCC)(CCCCCC)C(CCCCCC)(CCCCCC)C(CCCCCC)(CCCCCC)C(CCCCCC)(CCCCCC)C(CCCCCC)(CCCCCC)CCCCCC. The number of unbranched alkanes of at least 4 members (excludes halogenated alkanes) is 51. The van der Waals surface area contributed by atoms with Crippen molar-refractivity contribution in [3.8, 4) is 0 Å². The van der Waals surface area contributed by atoms with Crippen molar-refractivity contribution in [1.29, 1.82) is 0 Å². The van der Waals surface area contributed by atoms with Crippen LogP contribution in [0.15, 0.2) is 0 Å². The Balaban J connectivity index is 12.7. The summed E-state index contributed by atoms with van der Waals surface area (Å²) in [6, 6.07) is 0. The molecular weight excluding hydrogens is 1310 g/mol. The van der Waals surface area contributed by atoms with Crippen molar-refractivity contribution < 1.29 is 9.53 Å². The van der Waals surface area contributed by atoms with Crippen LogP contribution >= 0.6 is 0 Å². The van der Waals surface area contributed by atoms with Gasteiger partial charge in [-0.05, 0) is 136 Å². The minimum Gasteiger partial charge on any atom is -0.466 e. The third kappa shape index (κ3) is 38.3. The molecule has 2 heteroatoms. The third-order valence-electron chi connectivity index (χ3n) is 29.8. The second-order valence-corrected chi connectivity index (χ2v) is 37.8. The quantitative estimate of drug-likeness (QED) is 0.0448. The Hall–Kier alpha value is -0.530. The molecule has 0 aliphatic rings. The molecule has 1 atom stereocenters. The van der Waals surface area contributed by atoms with Crippen LogP contribution in [-0.4, -0.2) is 12.6 Å². The van der Waals surface area contributed by atoms with Crippen LogP contribution in [0.5, 0.6) is 0 Å². The van der Waals surface area contributed by atoms with Gasteiger partial charge in [0, 0.05) is 0 Å². The van der Waals surface area contributed by atoms with E-state index in [9.17, 15) is 0 Å². The molecule has 0 heterocycles. The highest BCUT2D eigenvalue weighted by Crippen LogP contribution is 2.83. The average Bonchev–Trinajstić information content (AvgIpc) is 0.660. The fourth-order valence-corrected chi connectivity index (χ4v) is 24.1. The number of ether oxygens (including phenoxy) is 1. The Morgan fingerprint density at radius 2 is 0.296 bits per heavy atom. The Labute approximate surface area is 686 Å². The predicted molar refractivity (Wildman–Crippen MR) is 493 cm³/mol. The molecule has 0 spiro atoms. The van der Waals surface area contributed by atoms with Gasteiger partial charge in [-0.25, -0.2) is 0 Å². The number of rotatable bonds is 89. The summed E-state index contributed by atoms with van der Waals surface area (Å²) in [5.74, 6) is 0.333. The molecule has 0 aromatic carbocycles. The van der Waals surface area contributed by atoms with Crippen molar-refractivity contribution >= 4 is 5.97 Å². The lowest BCUT2D eigenvalue weighted by Crippen LogP contribution is -2.71. The van der Waals surface area contributed by atoms with E-state index < -0.39 is 5.41 Å². The molecule has 648 valence electrons. The molecule has 0 rings (SSSR count). The minimum atomic E-state index is -0.554. The van der Waals surface area contributed by atoms with Crippen LogP contribution in [0, 0.1) is 37.9 Å². The minimum absolute atomic E-state index is 0.0177. The van der Waals surface area contributed by atoms with Crippen LogP contribution in [0.1, 0.15) is 631 Å². The van der Waals surface area contributed by atoms with Gasteiger partial charge in [0.1, 0.15) is 0 Å². The zero-order valence-electron chi connectivity index (χ0n) is 78.8. The van der Waals surface area contributed by atoms with E-state index in [1.54, 1.807) is 0 Å². The lowest BCUT2D eigenvalue weighted by atomic mass is 9.26. The largest absolute Gasteiger partial charge is 0.466 e. The van der Waals surface area contributed by atoms with Crippen LogP contribution in [0.2, 0.25) is 0 Å². The van der Waals surface area contributed by atoms with E-state index in [-0.39, 0.29) is 32.5 Å². The van der Waals surface area contributed by atoms with Crippen molar-refractivity contribution in [2.75, 3.05) is 6.61 Å². The summed E-state index contributed by atoms with van der Waals surface area (Å²) in [6.45, 7) is 40.5. The number of esters is 1. The van der Waals surface area contributed by atoms with Crippen molar-refractivity contribution in [2.45, 2.75) is 631 Å². The molecule has 0 aromatic heterocycles. The van der Waals surface area contributed by atoms with Crippen molar-refractivity contribution in [2.24, 2.45) is 37.9 Å². The maximum atomic E-state index is 18.2. The van der Waals surface area contributed by atoms with E-state index in [0.29, 0.717) is 12.6 Å². The number of carbonyl (C=O) groups excluding carboxylic acids is 1. The smallest absolute Gasteiger partial charge is 0.312 e. The number of hydrogen-bond acceptors (Lipinski definition) is 2. The van der Waals surface area contributed by atoms with E-state index in [1.807, 2.05) is 0 Å². The summed E-state index contributed by atoms with van der Waals surface area (Å²) in [6.07, 6.45) is 110. The second-order valence-electron chi connectivity index (χ2n) is 37.8. The Bertz CT molecular complexity index is 1750. The lowest BCUT2D eigenvalue weighted by Gasteiger charge is -2.77. The Kier molecular flexibility index (Phi) is 72.5. The molecule has 0 aromatic rings. The molecule has 2 nitrogen and oxygen atoms in total. The third-order valence-corrected chi connectivity index (χ3v) is 29.8. The van der Waals surface area contributed by atoms with Crippen LogP contribution in [0.25, 0.3) is 0 Å². The molecule has 0 radical (unpaired) electrons. The Morgan fingerprint density at radius 3 is 0.500 bits per heavy atom. The fraction of sp³-hybridized carbons (Fsp3) is 0.991. The van der Waals surface area contributed by atoms with E-state index in [4.69, 9.17) is 4.74 Å². The lowest BCUT2D eigenvalue weighted by molar-refractivity contribution is -0.293. The predicted octanol–water partition coefficient (Wildman–Crippen LogP) is 39.4. The molecule has 0 bridgehead atoms. The molecule has 108 heavy (non-hydrogen) atoms. The summed E-state index contributed by atoms with van der Waals surface area (Å²) in [4.78, 5) is 18.2. The molecule has 1 unspecified atom stereocenters. The summed E-state index contributed by atoms with van der Waals surface area (Å²) in [5, 5.41) is 0. The van der Waals surface area contributed by atoms with E-state index in [2.05, 4.69) is 111 Å². The van der Waals surface area contributed by atoms with Crippen molar-refractivity contribution in [1.82, 2.24) is 0 Å². The van der Waals surface area contributed by atoms with Crippen molar-refractivity contribution in [3.63, 3.8) is 0 Å². The normalized spacial score (nSPS) is 13.4. The van der Waals surface area contributed by atoms with Crippen LogP contribution in [0.3, 0.4) is 0 Å². The van der Waals surface area contributed by atoms with Gasteiger partial charge in [0.15, 0.2) is 0 Å². The first-order chi connectivity index (χ1) is 52.9. The molecule has 0 saturated carbocycles. The van der Waals surface area contributed by atoms with Crippen molar-refractivity contribution in [3.05, 3.63) is 0 Å². The highest BCUT2D eigenvalue weighted by Gasteiger charge is 2.77. The Morgan fingerprint density at radius 1 is 0.157 bits per heavy atom. The maximum Gasteiger partial charge on any atom is 0.312 e. The zero-order chi connectivity index (χ0) is 79.8. The van der Waals surface area contributed by atoms with Gasteiger partial charge in [-0.2, -0.15) is 0 Å². The topological polar surface area (TPSA) is 26.3 Å². The molecule has 0 N–H and O–H groups in total. The highest BCUT2D eigenvalue weighted by molar-refractivity contribution is 5.78. The maximum absolute atomic E-state index is 18.2.